The molecule has 0 radical (unpaired) electrons. The molecule has 0 atom stereocenters. The van der Waals surface area contributed by atoms with E-state index in [-0.39, 0.29) is 17.2 Å². The van der Waals surface area contributed by atoms with Gasteiger partial charge in [0, 0.05) is 23.1 Å². The lowest BCUT2D eigenvalue weighted by Gasteiger charge is -2.10. The second kappa shape index (κ2) is 8.01. The van der Waals surface area contributed by atoms with Crippen molar-refractivity contribution < 1.29 is 13.2 Å². The topological polar surface area (TPSA) is 87.6 Å². The Morgan fingerprint density at radius 1 is 1.15 bits per heavy atom. The van der Waals surface area contributed by atoms with Gasteiger partial charge in [0.25, 0.3) is 10.0 Å². The Morgan fingerprint density at radius 2 is 1.96 bits per heavy atom. The second-order valence-corrected chi connectivity index (χ2v) is 8.42. The summed E-state index contributed by atoms with van der Waals surface area (Å²) < 4.78 is 28.3. The smallest absolute Gasteiger partial charge is 0.262 e. The van der Waals surface area contributed by atoms with Gasteiger partial charge in [-0.15, -0.1) is 0 Å². The quantitative estimate of drug-likeness (QED) is 0.755. The van der Waals surface area contributed by atoms with Crippen molar-refractivity contribution in [3.8, 4) is 0 Å². The van der Waals surface area contributed by atoms with Crippen LogP contribution in [0.25, 0.3) is 0 Å². The van der Waals surface area contributed by atoms with E-state index in [1.54, 1.807) is 12.1 Å². The van der Waals surface area contributed by atoms with E-state index in [1.807, 2.05) is 24.3 Å². The van der Waals surface area contributed by atoms with E-state index in [9.17, 15) is 13.2 Å². The van der Waals surface area contributed by atoms with Crippen LogP contribution in [0, 0.1) is 0 Å². The number of nitrogens with zero attached hydrogens (tertiary/aromatic N) is 1. The lowest BCUT2D eigenvalue weighted by Crippen LogP contribution is -2.29. The Kier molecular flexibility index (Phi) is 5.73. The number of hydrogen-bond donors (Lipinski definition) is 2. The van der Waals surface area contributed by atoms with Crippen LogP contribution in [0.2, 0.25) is 0 Å². The maximum atomic E-state index is 12.5. The van der Waals surface area contributed by atoms with Crippen LogP contribution in [0.3, 0.4) is 0 Å². The molecule has 1 aliphatic rings. The van der Waals surface area contributed by atoms with Gasteiger partial charge < -0.3 is 5.32 Å². The van der Waals surface area contributed by atoms with Gasteiger partial charge in [0.05, 0.1) is 11.3 Å². The number of carbonyl (C=O) groups excluding carboxylic acids is 1. The highest BCUT2D eigenvalue weighted by Crippen LogP contribution is 2.19. The molecule has 2 aromatic carbocycles. The molecule has 0 aliphatic carbocycles. The van der Waals surface area contributed by atoms with Gasteiger partial charge in [0.15, 0.2) is 0 Å². The van der Waals surface area contributed by atoms with Crippen molar-refractivity contribution in [2.24, 2.45) is 4.99 Å². The maximum Gasteiger partial charge on any atom is 0.262 e. The van der Waals surface area contributed by atoms with E-state index < -0.39 is 10.0 Å². The first-order valence-electron chi connectivity index (χ1n) is 8.13. The van der Waals surface area contributed by atoms with Crippen LogP contribution in [-0.4, -0.2) is 26.7 Å². The zero-order chi connectivity index (χ0) is 18.6. The molecule has 0 saturated carbocycles. The summed E-state index contributed by atoms with van der Waals surface area (Å²) in [5.74, 6) is 0.257. The van der Waals surface area contributed by atoms with Gasteiger partial charge in [-0.05, 0) is 36.2 Å². The number of amides is 1. The van der Waals surface area contributed by atoms with Crippen molar-refractivity contribution in [2.45, 2.75) is 24.2 Å². The predicted octanol–water partition coefficient (Wildman–Crippen LogP) is 3.10. The maximum absolute atomic E-state index is 12.5. The van der Waals surface area contributed by atoms with Gasteiger partial charge >= 0.3 is 0 Å². The summed E-state index contributed by atoms with van der Waals surface area (Å²) in [5, 5.41) is 2.74. The standard InChI is InChI=1S/C18H18BrN3O3S/c19-16-8-2-1-5-13(16)11-18(23)21-14-6-3-7-15(12-14)26(24,25)22-17-9-4-10-20-17/h1-3,5-8,12H,4,9-11H2,(H,20,22)(H,21,23). The fraction of sp³-hybridized carbons (Fsp3) is 0.222. The summed E-state index contributed by atoms with van der Waals surface area (Å²) in [6.07, 6.45) is 1.66. The molecule has 1 aliphatic heterocycles. The van der Waals surface area contributed by atoms with Crippen molar-refractivity contribution in [2.75, 3.05) is 11.9 Å². The van der Waals surface area contributed by atoms with Gasteiger partial charge in [-0.25, -0.2) is 8.42 Å². The molecular weight excluding hydrogens is 418 g/mol. The van der Waals surface area contributed by atoms with Gasteiger partial charge in [0.2, 0.25) is 5.91 Å². The molecule has 0 unspecified atom stereocenters. The van der Waals surface area contributed by atoms with E-state index in [4.69, 9.17) is 0 Å². The highest BCUT2D eigenvalue weighted by atomic mass is 79.9. The average molecular weight is 436 g/mol. The van der Waals surface area contributed by atoms with Crippen molar-refractivity contribution in [3.05, 3.63) is 58.6 Å². The van der Waals surface area contributed by atoms with Crippen LogP contribution in [0.1, 0.15) is 18.4 Å². The van der Waals surface area contributed by atoms with Gasteiger partial charge in [-0.1, -0.05) is 40.2 Å². The molecule has 3 rings (SSSR count). The van der Waals surface area contributed by atoms with Crippen LogP contribution in [0.4, 0.5) is 5.69 Å². The first-order chi connectivity index (χ1) is 12.4. The number of hydrogen-bond acceptors (Lipinski definition) is 4. The molecule has 0 bridgehead atoms. The highest BCUT2D eigenvalue weighted by Gasteiger charge is 2.18. The van der Waals surface area contributed by atoms with E-state index in [0.29, 0.717) is 24.5 Å². The number of benzene rings is 2. The van der Waals surface area contributed by atoms with Crippen LogP contribution in [0.15, 0.2) is 62.9 Å². The molecule has 6 nitrogen and oxygen atoms in total. The lowest BCUT2D eigenvalue weighted by molar-refractivity contribution is -0.115. The summed E-state index contributed by atoms with van der Waals surface area (Å²) >= 11 is 3.41. The molecule has 0 fully saturated rings. The van der Waals surface area contributed by atoms with Crippen molar-refractivity contribution >= 4 is 43.4 Å². The minimum atomic E-state index is -3.71. The third-order valence-electron chi connectivity index (χ3n) is 3.86. The Morgan fingerprint density at radius 3 is 2.69 bits per heavy atom. The molecule has 0 spiro atoms. The van der Waals surface area contributed by atoms with Crippen molar-refractivity contribution in [1.29, 1.82) is 0 Å². The van der Waals surface area contributed by atoms with Crippen LogP contribution >= 0.6 is 15.9 Å². The normalized spacial score (nSPS) is 14.0. The number of aliphatic imine (C=N–C) groups is 1. The van der Waals surface area contributed by atoms with Crippen LogP contribution < -0.4 is 10.0 Å². The third kappa shape index (κ3) is 4.70. The first-order valence-corrected chi connectivity index (χ1v) is 10.4. The summed E-state index contributed by atoms with van der Waals surface area (Å²) in [4.78, 5) is 16.5. The molecule has 1 heterocycles. The SMILES string of the molecule is O=C(Cc1ccccc1Br)Nc1cccc(S(=O)(=O)NC2=NCCC2)c1. The third-order valence-corrected chi connectivity index (χ3v) is 6.02. The number of anilines is 1. The number of nitrogens with one attached hydrogen (secondary N) is 2. The zero-order valence-electron chi connectivity index (χ0n) is 13.9. The molecule has 2 N–H and O–H groups in total. The summed E-state index contributed by atoms with van der Waals surface area (Å²) in [6, 6.07) is 13.6. The minimum absolute atomic E-state index is 0.0887. The Hall–Kier alpha value is -2.19. The van der Waals surface area contributed by atoms with E-state index in [1.165, 1.54) is 12.1 Å². The second-order valence-electron chi connectivity index (χ2n) is 5.88. The summed E-state index contributed by atoms with van der Waals surface area (Å²) in [6.45, 7) is 0.642. The van der Waals surface area contributed by atoms with E-state index >= 15 is 0 Å². The molecule has 1 amide bonds. The zero-order valence-corrected chi connectivity index (χ0v) is 16.3. The predicted molar refractivity (Wildman–Crippen MR) is 105 cm³/mol. The number of rotatable bonds is 5. The number of carbonyl (C=O) groups is 1. The lowest BCUT2D eigenvalue weighted by atomic mass is 10.1. The van der Waals surface area contributed by atoms with Crippen LogP contribution in [-0.2, 0) is 21.2 Å². The van der Waals surface area contributed by atoms with Crippen molar-refractivity contribution in [3.63, 3.8) is 0 Å². The first kappa shape index (κ1) is 18.6. The number of amidine groups is 1. The minimum Gasteiger partial charge on any atom is -0.326 e. The van der Waals surface area contributed by atoms with Crippen LogP contribution in [0.5, 0.6) is 0 Å². The monoisotopic (exact) mass is 435 g/mol. The fourth-order valence-corrected chi connectivity index (χ4v) is 4.16. The molecule has 0 aromatic heterocycles. The Balaban J connectivity index is 1.71. The molecule has 2 aromatic rings. The van der Waals surface area contributed by atoms with Gasteiger partial charge in [-0.3, -0.25) is 14.5 Å². The number of sulfonamides is 1. The molecule has 0 saturated heterocycles. The summed E-state index contributed by atoms with van der Waals surface area (Å²) in [7, 11) is -3.71. The molecular formula is C18H18BrN3O3S. The van der Waals surface area contributed by atoms with Gasteiger partial charge in [0.1, 0.15) is 5.84 Å². The van der Waals surface area contributed by atoms with E-state index in [2.05, 4.69) is 31.0 Å². The van der Waals surface area contributed by atoms with E-state index in [0.717, 1.165) is 16.5 Å². The van der Waals surface area contributed by atoms with Crippen molar-refractivity contribution in [1.82, 2.24) is 4.72 Å². The molecule has 8 heteroatoms. The largest absolute Gasteiger partial charge is 0.326 e. The summed E-state index contributed by atoms with van der Waals surface area (Å²) in [5.41, 5.74) is 1.29. The number of halogens is 1. The Bertz CT molecular complexity index is 958. The fourth-order valence-electron chi connectivity index (χ4n) is 2.60. The highest BCUT2D eigenvalue weighted by molar-refractivity contribution is 9.10. The average Bonchev–Trinajstić information content (AvgIpc) is 3.09. The Labute approximate surface area is 160 Å². The molecule has 136 valence electrons. The van der Waals surface area contributed by atoms with Gasteiger partial charge in [-0.2, -0.15) is 0 Å². The molecule has 26 heavy (non-hydrogen) atoms.